The van der Waals surface area contributed by atoms with Crippen molar-refractivity contribution in [2.45, 2.75) is 19.5 Å². The fourth-order valence-corrected chi connectivity index (χ4v) is 1.27. The van der Waals surface area contributed by atoms with E-state index < -0.39 is 12.1 Å². The summed E-state index contributed by atoms with van der Waals surface area (Å²) in [4.78, 5) is 10.8. The zero-order valence-electron chi connectivity index (χ0n) is 8.93. The average Bonchev–Trinajstić information content (AvgIpc) is 2.28. The van der Waals surface area contributed by atoms with Crippen LogP contribution in [0.4, 0.5) is 18.9 Å². The van der Waals surface area contributed by atoms with Crippen LogP contribution in [0.15, 0.2) is 18.2 Å². The van der Waals surface area contributed by atoms with Gasteiger partial charge in [-0.2, -0.15) is 18.4 Å². The molecule has 0 aliphatic heterocycles. The summed E-state index contributed by atoms with van der Waals surface area (Å²) in [7, 11) is 0. The number of carbonyl (C=O) groups is 1. The Hall–Kier alpha value is -2.03. The van der Waals surface area contributed by atoms with Gasteiger partial charge in [-0.1, -0.05) is 6.92 Å². The first-order valence-electron chi connectivity index (χ1n) is 4.79. The highest BCUT2D eigenvalue weighted by Crippen LogP contribution is 2.22. The number of nitrogens with zero attached hydrogens (tertiary/aromatic N) is 1. The smallest absolute Gasteiger partial charge is 0.318 e. The molecule has 0 aliphatic rings. The van der Waals surface area contributed by atoms with Crippen molar-refractivity contribution in [3.63, 3.8) is 0 Å². The van der Waals surface area contributed by atoms with Crippen molar-refractivity contribution in [2.24, 2.45) is 0 Å². The maximum Gasteiger partial charge on any atom is 0.471 e. The fraction of sp³-hybridized carbons (Fsp3) is 0.273. The standard InChI is InChI=1S/C11H9F3N2O/c1-2-8-5-7(6-15)3-4-9(8)16-10(17)11(12,13)14/h3-5H,2H2,1H3,(H,16,17). The summed E-state index contributed by atoms with van der Waals surface area (Å²) in [5.41, 5.74) is 0.905. The quantitative estimate of drug-likeness (QED) is 0.866. The Balaban J connectivity index is 3.00. The van der Waals surface area contributed by atoms with E-state index in [-0.39, 0.29) is 5.69 Å². The molecule has 90 valence electrons. The Morgan fingerprint density at radius 1 is 1.47 bits per heavy atom. The molecule has 0 aromatic heterocycles. The van der Waals surface area contributed by atoms with Gasteiger partial charge in [0.05, 0.1) is 11.6 Å². The second-order valence-corrected chi connectivity index (χ2v) is 3.29. The normalized spacial score (nSPS) is 10.8. The minimum atomic E-state index is -4.92. The number of rotatable bonds is 2. The van der Waals surface area contributed by atoms with E-state index in [2.05, 4.69) is 0 Å². The molecule has 0 atom stereocenters. The van der Waals surface area contributed by atoms with Crippen molar-refractivity contribution in [2.75, 3.05) is 5.32 Å². The van der Waals surface area contributed by atoms with E-state index >= 15 is 0 Å². The van der Waals surface area contributed by atoms with Gasteiger partial charge in [0, 0.05) is 5.69 Å². The van der Waals surface area contributed by atoms with E-state index in [0.717, 1.165) is 0 Å². The highest BCUT2D eigenvalue weighted by molar-refractivity contribution is 5.95. The molecule has 6 heteroatoms. The van der Waals surface area contributed by atoms with Crippen LogP contribution in [0.1, 0.15) is 18.1 Å². The minimum absolute atomic E-state index is 0.0776. The van der Waals surface area contributed by atoms with Gasteiger partial charge in [-0.05, 0) is 30.2 Å². The van der Waals surface area contributed by atoms with Crippen molar-refractivity contribution in [1.82, 2.24) is 0 Å². The molecular formula is C11H9F3N2O. The van der Waals surface area contributed by atoms with Gasteiger partial charge in [-0.15, -0.1) is 0 Å². The third-order valence-electron chi connectivity index (χ3n) is 2.12. The number of hydrogen-bond donors (Lipinski definition) is 1. The average molecular weight is 242 g/mol. The monoisotopic (exact) mass is 242 g/mol. The third kappa shape index (κ3) is 3.21. The molecule has 0 bridgehead atoms. The molecule has 1 amide bonds. The van der Waals surface area contributed by atoms with Gasteiger partial charge < -0.3 is 5.32 Å². The Labute approximate surface area is 95.9 Å². The largest absolute Gasteiger partial charge is 0.471 e. The lowest BCUT2D eigenvalue weighted by Gasteiger charge is -2.11. The van der Waals surface area contributed by atoms with Gasteiger partial charge in [0.25, 0.3) is 0 Å². The summed E-state index contributed by atoms with van der Waals surface area (Å²) < 4.78 is 36.2. The maximum absolute atomic E-state index is 12.1. The SMILES string of the molecule is CCc1cc(C#N)ccc1NC(=O)C(F)(F)F. The van der Waals surface area contributed by atoms with Crippen LogP contribution in [0.25, 0.3) is 0 Å². The van der Waals surface area contributed by atoms with Crippen LogP contribution in [-0.2, 0) is 11.2 Å². The molecule has 0 spiro atoms. The number of anilines is 1. The molecule has 0 radical (unpaired) electrons. The van der Waals surface area contributed by atoms with Crippen LogP contribution >= 0.6 is 0 Å². The zero-order chi connectivity index (χ0) is 13.1. The Bertz CT molecular complexity index is 475. The highest BCUT2D eigenvalue weighted by Gasteiger charge is 2.38. The molecule has 0 saturated heterocycles. The number of halogens is 3. The number of alkyl halides is 3. The first kappa shape index (κ1) is 13.0. The molecule has 0 saturated carbocycles. The van der Waals surface area contributed by atoms with Crippen molar-refractivity contribution in [3.8, 4) is 6.07 Å². The van der Waals surface area contributed by atoms with Crippen molar-refractivity contribution in [1.29, 1.82) is 5.26 Å². The lowest BCUT2D eigenvalue weighted by atomic mass is 10.1. The van der Waals surface area contributed by atoms with Crippen LogP contribution in [-0.4, -0.2) is 12.1 Å². The fourth-order valence-electron chi connectivity index (χ4n) is 1.27. The van der Waals surface area contributed by atoms with Crippen molar-refractivity contribution < 1.29 is 18.0 Å². The molecule has 1 aromatic carbocycles. The molecule has 1 aromatic rings. The molecule has 0 heterocycles. The lowest BCUT2D eigenvalue weighted by molar-refractivity contribution is -0.167. The summed E-state index contributed by atoms with van der Waals surface area (Å²) in [6.07, 6.45) is -4.50. The first-order chi connectivity index (χ1) is 7.88. The number of hydrogen-bond acceptors (Lipinski definition) is 2. The summed E-state index contributed by atoms with van der Waals surface area (Å²) in [5.74, 6) is -2.02. The Kier molecular flexibility index (Phi) is 3.73. The van der Waals surface area contributed by atoms with E-state index in [1.165, 1.54) is 18.2 Å². The van der Waals surface area contributed by atoms with Gasteiger partial charge in [-0.3, -0.25) is 4.79 Å². The van der Waals surface area contributed by atoms with E-state index in [1.807, 2.05) is 6.07 Å². The highest BCUT2D eigenvalue weighted by atomic mass is 19.4. The summed E-state index contributed by atoms with van der Waals surface area (Å²) >= 11 is 0. The van der Waals surface area contributed by atoms with Gasteiger partial charge in [0.15, 0.2) is 0 Å². The second-order valence-electron chi connectivity index (χ2n) is 3.29. The van der Waals surface area contributed by atoms with Crippen molar-refractivity contribution in [3.05, 3.63) is 29.3 Å². The third-order valence-corrected chi connectivity index (χ3v) is 2.12. The van der Waals surface area contributed by atoms with E-state index in [0.29, 0.717) is 17.5 Å². The molecule has 1 rings (SSSR count). The molecule has 17 heavy (non-hydrogen) atoms. The predicted octanol–water partition coefficient (Wildman–Crippen LogP) is 2.62. The van der Waals surface area contributed by atoms with Crippen LogP contribution in [0.5, 0.6) is 0 Å². The Morgan fingerprint density at radius 3 is 2.59 bits per heavy atom. The van der Waals surface area contributed by atoms with Crippen LogP contribution in [0, 0.1) is 11.3 Å². The molecule has 3 nitrogen and oxygen atoms in total. The van der Waals surface area contributed by atoms with Crippen LogP contribution < -0.4 is 5.32 Å². The first-order valence-corrected chi connectivity index (χ1v) is 4.79. The molecule has 0 unspecified atom stereocenters. The van der Waals surface area contributed by atoms with E-state index in [1.54, 1.807) is 12.2 Å². The summed E-state index contributed by atoms with van der Waals surface area (Å²) in [6.45, 7) is 1.72. The van der Waals surface area contributed by atoms with Crippen LogP contribution in [0.2, 0.25) is 0 Å². The zero-order valence-corrected chi connectivity index (χ0v) is 8.93. The topological polar surface area (TPSA) is 52.9 Å². The van der Waals surface area contributed by atoms with Gasteiger partial charge in [0.1, 0.15) is 0 Å². The van der Waals surface area contributed by atoms with Gasteiger partial charge in [0.2, 0.25) is 0 Å². The number of aryl methyl sites for hydroxylation is 1. The lowest BCUT2D eigenvalue weighted by Crippen LogP contribution is -2.30. The summed E-state index contributed by atoms with van der Waals surface area (Å²) in [6, 6.07) is 5.97. The molecular weight excluding hydrogens is 233 g/mol. The van der Waals surface area contributed by atoms with Gasteiger partial charge in [-0.25, -0.2) is 0 Å². The molecule has 0 aliphatic carbocycles. The van der Waals surface area contributed by atoms with E-state index in [9.17, 15) is 18.0 Å². The van der Waals surface area contributed by atoms with Gasteiger partial charge >= 0.3 is 12.1 Å². The number of carbonyl (C=O) groups excluding carboxylic acids is 1. The minimum Gasteiger partial charge on any atom is -0.318 e. The molecule has 0 fully saturated rings. The predicted molar refractivity (Wildman–Crippen MR) is 55.2 cm³/mol. The number of nitrogens with one attached hydrogen (secondary N) is 1. The molecule has 1 N–H and O–H groups in total. The second kappa shape index (κ2) is 4.87. The maximum atomic E-state index is 12.1. The number of benzene rings is 1. The van der Waals surface area contributed by atoms with Crippen LogP contribution in [0.3, 0.4) is 0 Å². The van der Waals surface area contributed by atoms with E-state index in [4.69, 9.17) is 5.26 Å². The Morgan fingerprint density at radius 2 is 2.12 bits per heavy atom. The number of nitriles is 1. The van der Waals surface area contributed by atoms with Crippen molar-refractivity contribution >= 4 is 11.6 Å². The summed E-state index contributed by atoms with van der Waals surface area (Å²) in [5, 5.41) is 10.4. The number of amides is 1.